The summed E-state index contributed by atoms with van der Waals surface area (Å²) >= 11 is 0. The Morgan fingerprint density at radius 3 is 2.25 bits per heavy atom. The lowest BCUT2D eigenvalue weighted by atomic mass is 10.1. The van der Waals surface area contributed by atoms with Crippen LogP contribution in [0.3, 0.4) is 0 Å². The number of esters is 1. The molecular formula is C11H12O8S. The topological polar surface area (TPSA) is 138 Å². The van der Waals surface area contributed by atoms with Gasteiger partial charge in [-0.25, -0.2) is 9.59 Å². The predicted molar refractivity (Wildman–Crippen MR) is 65.2 cm³/mol. The Bertz CT molecular complexity index is 632. The number of aromatic carboxylic acids is 1. The minimum atomic E-state index is -4.67. The van der Waals surface area contributed by atoms with Crippen molar-refractivity contribution >= 4 is 22.1 Å². The minimum Gasteiger partial charge on any atom is -0.478 e. The van der Waals surface area contributed by atoms with Gasteiger partial charge in [0.05, 0.1) is 22.1 Å². The van der Waals surface area contributed by atoms with Gasteiger partial charge in [-0.1, -0.05) is 0 Å². The van der Waals surface area contributed by atoms with Crippen molar-refractivity contribution in [2.45, 2.75) is 17.9 Å². The summed E-state index contributed by atoms with van der Waals surface area (Å²) in [5.41, 5.74) is -0.859. The SMILES string of the molecule is CC(O)COC(=O)c1cc(C(=O)O)cc(S(=O)(=O)O)c1. The van der Waals surface area contributed by atoms with Crippen molar-refractivity contribution in [3.05, 3.63) is 29.3 Å². The van der Waals surface area contributed by atoms with Gasteiger partial charge in [0.2, 0.25) is 0 Å². The Morgan fingerprint density at radius 1 is 1.25 bits per heavy atom. The fraction of sp³-hybridized carbons (Fsp3) is 0.273. The molecule has 0 spiro atoms. The van der Waals surface area contributed by atoms with Crippen molar-refractivity contribution in [1.29, 1.82) is 0 Å². The molecule has 20 heavy (non-hydrogen) atoms. The van der Waals surface area contributed by atoms with Crippen LogP contribution in [0.4, 0.5) is 0 Å². The van der Waals surface area contributed by atoms with Gasteiger partial charge in [-0.05, 0) is 25.1 Å². The molecule has 0 amide bonds. The summed E-state index contributed by atoms with van der Waals surface area (Å²) in [4.78, 5) is 21.7. The molecule has 0 bridgehead atoms. The zero-order chi connectivity index (χ0) is 15.5. The van der Waals surface area contributed by atoms with E-state index in [0.29, 0.717) is 6.07 Å². The first kappa shape index (κ1) is 16.1. The van der Waals surface area contributed by atoms with Crippen LogP contribution in [0.2, 0.25) is 0 Å². The van der Waals surface area contributed by atoms with Crippen LogP contribution in [0.1, 0.15) is 27.6 Å². The molecule has 0 fully saturated rings. The maximum Gasteiger partial charge on any atom is 0.338 e. The number of hydrogen-bond acceptors (Lipinski definition) is 6. The third-order valence-electron chi connectivity index (χ3n) is 2.14. The molecule has 1 aromatic carbocycles. The lowest BCUT2D eigenvalue weighted by Crippen LogP contribution is -2.16. The largest absolute Gasteiger partial charge is 0.478 e. The number of hydrogen-bond donors (Lipinski definition) is 3. The molecular weight excluding hydrogens is 292 g/mol. The number of carboxylic acids is 1. The predicted octanol–water partition coefficient (Wildman–Crippen LogP) is 0.169. The Labute approximate surface area is 114 Å². The van der Waals surface area contributed by atoms with Crippen LogP contribution < -0.4 is 0 Å². The van der Waals surface area contributed by atoms with E-state index in [0.717, 1.165) is 12.1 Å². The molecule has 0 heterocycles. The monoisotopic (exact) mass is 304 g/mol. The lowest BCUT2D eigenvalue weighted by Gasteiger charge is -2.08. The van der Waals surface area contributed by atoms with E-state index in [1.165, 1.54) is 6.92 Å². The molecule has 1 unspecified atom stereocenters. The Kier molecular flexibility index (Phi) is 4.82. The van der Waals surface area contributed by atoms with Crippen LogP contribution >= 0.6 is 0 Å². The maximum absolute atomic E-state index is 11.6. The summed E-state index contributed by atoms with van der Waals surface area (Å²) in [6.45, 7) is 1.03. The highest BCUT2D eigenvalue weighted by Gasteiger charge is 2.19. The molecule has 8 nitrogen and oxygen atoms in total. The minimum absolute atomic E-state index is 0.336. The van der Waals surface area contributed by atoms with Gasteiger partial charge in [0, 0.05) is 0 Å². The lowest BCUT2D eigenvalue weighted by molar-refractivity contribution is 0.0296. The zero-order valence-electron chi connectivity index (χ0n) is 10.3. The first-order valence-electron chi connectivity index (χ1n) is 5.32. The molecule has 0 saturated carbocycles. The van der Waals surface area contributed by atoms with E-state index < -0.39 is 38.6 Å². The Morgan fingerprint density at radius 2 is 1.80 bits per heavy atom. The molecule has 110 valence electrons. The molecule has 1 aromatic rings. The van der Waals surface area contributed by atoms with E-state index in [9.17, 15) is 18.0 Å². The molecule has 9 heteroatoms. The number of carbonyl (C=O) groups excluding carboxylic acids is 1. The van der Waals surface area contributed by atoms with Crippen LogP contribution in [-0.2, 0) is 14.9 Å². The van der Waals surface area contributed by atoms with E-state index >= 15 is 0 Å². The summed E-state index contributed by atoms with van der Waals surface area (Å²) in [6, 6.07) is 2.40. The van der Waals surface area contributed by atoms with Gasteiger partial charge in [-0.3, -0.25) is 4.55 Å². The average Bonchev–Trinajstić information content (AvgIpc) is 2.34. The standard InChI is InChI=1S/C11H12O8S/c1-6(12)5-19-11(15)8-2-7(10(13)14)3-9(4-8)20(16,17)18/h2-4,6,12H,5H2,1H3,(H,13,14)(H,16,17,18). The third kappa shape index (κ3) is 4.30. The van der Waals surface area contributed by atoms with Crippen molar-refractivity contribution in [2.24, 2.45) is 0 Å². The van der Waals surface area contributed by atoms with Crippen molar-refractivity contribution in [2.75, 3.05) is 6.61 Å². The second-order valence-corrected chi connectivity index (χ2v) is 5.40. The third-order valence-corrected chi connectivity index (χ3v) is 2.97. The Hall–Kier alpha value is -1.97. The molecule has 0 saturated heterocycles. The number of aliphatic hydroxyl groups is 1. The van der Waals surface area contributed by atoms with Crippen molar-refractivity contribution in [3.63, 3.8) is 0 Å². The van der Waals surface area contributed by atoms with Crippen molar-refractivity contribution in [3.8, 4) is 0 Å². The second-order valence-electron chi connectivity index (χ2n) is 3.97. The quantitative estimate of drug-likeness (QED) is 0.517. The number of rotatable bonds is 5. The van der Waals surface area contributed by atoms with Crippen LogP contribution in [-0.4, -0.2) is 47.8 Å². The van der Waals surface area contributed by atoms with Crippen molar-refractivity contribution < 1.29 is 37.5 Å². The fourth-order valence-corrected chi connectivity index (χ4v) is 1.82. The molecule has 0 aromatic heterocycles. The van der Waals surface area contributed by atoms with Crippen LogP contribution in [0.25, 0.3) is 0 Å². The van der Waals surface area contributed by atoms with E-state index in [-0.39, 0.29) is 12.2 Å². The fourth-order valence-electron chi connectivity index (χ4n) is 1.27. The molecule has 0 aliphatic rings. The molecule has 1 rings (SSSR count). The van der Waals surface area contributed by atoms with E-state index in [2.05, 4.69) is 4.74 Å². The first-order valence-corrected chi connectivity index (χ1v) is 6.76. The summed E-state index contributed by atoms with van der Waals surface area (Å²) in [5.74, 6) is -2.49. The molecule has 0 aliphatic heterocycles. The summed E-state index contributed by atoms with van der Waals surface area (Å²) in [6.07, 6.45) is -0.928. The molecule has 0 radical (unpaired) electrons. The summed E-state index contributed by atoms with van der Waals surface area (Å²) < 4.78 is 35.6. The van der Waals surface area contributed by atoms with Gasteiger partial charge >= 0.3 is 11.9 Å². The summed E-state index contributed by atoms with van der Waals surface area (Å²) in [7, 11) is -4.67. The van der Waals surface area contributed by atoms with Crippen LogP contribution in [0.5, 0.6) is 0 Å². The van der Waals surface area contributed by atoms with Gasteiger partial charge < -0.3 is 14.9 Å². The number of carbonyl (C=O) groups is 2. The number of benzene rings is 1. The first-order chi connectivity index (χ1) is 9.11. The molecule has 1 atom stereocenters. The highest BCUT2D eigenvalue weighted by atomic mass is 32.2. The normalized spacial score (nSPS) is 12.8. The van der Waals surface area contributed by atoms with Gasteiger partial charge in [0.25, 0.3) is 10.1 Å². The maximum atomic E-state index is 11.6. The van der Waals surface area contributed by atoms with Gasteiger partial charge in [0.15, 0.2) is 0 Å². The zero-order valence-corrected chi connectivity index (χ0v) is 11.1. The number of carboxylic acid groups (broad SMARTS) is 1. The smallest absolute Gasteiger partial charge is 0.338 e. The van der Waals surface area contributed by atoms with Crippen molar-refractivity contribution in [1.82, 2.24) is 0 Å². The highest BCUT2D eigenvalue weighted by molar-refractivity contribution is 7.85. The van der Waals surface area contributed by atoms with E-state index in [1.807, 2.05) is 0 Å². The molecule has 0 aliphatic carbocycles. The van der Waals surface area contributed by atoms with Gasteiger partial charge in [-0.2, -0.15) is 8.42 Å². The average molecular weight is 304 g/mol. The second kappa shape index (κ2) is 5.99. The number of aliphatic hydroxyl groups excluding tert-OH is 1. The van der Waals surface area contributed by atoms with Gasteiger partial charge in [-0.15, -0.1) is 0 Å². The highest BCUT2D eigenvalue weighted by Crippen LogP contribution is 2.16. The molecule has 3 N–H and O–H groups in total. The van der Waals surface area contributed by atoms with E-state index in [1.54, 1.807) is 0 Å². The Balaban J connectivity index is 3.22. The summed E-state index contributed by atoms with van der Waals surface area (Å²) in [5, 5.41) is 17.8. The van der Waals surface area contributed by atoms with Crippen LogP contribution in [0.15, 0.2) is 23.1 Å². The van der Waals surface area contributed by atoms with Gasteiger partial charge in [0.1, 0.15) is 6.61 Å². The number of ether oxygens (including phenoxy) is 1. The van der Waals surface area contributed by atoms with Crippen LogP contribution in [0, 0.1) is 0 Å². The van der Waals surface area contributed by atoms with E-state index in [4.69, 9.17) is 14.8 Å².